The summed E-state index contributed by atoms with van der Waals surface area (Å²) in [7, 11) is 0. The van der Waals surface area contributed by atoms with E-state index in [9.17, 15) is 0 Å². The molecule has 9 rings (SSSR count). The minimum absolute atomic E-state index is 0.549. The summed E-state index contributed by atoms with van der Waals surface area (Å²) in [6, 6.07) is 58.9. The number of thiophene rings is 1. The van der Waals surface area contributed by atoms with Gasteiger partial charge in [0.25, 0.3) is 0 Å². The van der Waals surface area contributed by atoms with Crippen LogP contribution in [0.15, 0.2) is 170 Å². The van der Waals surface area contributed by atoms with Crippen LogP contribution in [0.25, 0.3) is 86.2 Å². The molecule has 9 aromatic rings. The number of hydrogen-bond donors (Lipinski definition) is 0. The number of hydrogen-bond acceptors (Lipinski definition) is 1. The van der Waals surface area contributed by atoms with Crippen molar-refractivity contribution < 1.29 is 1.37 Å². The Bertz CT molecular complexity index is 2560. The fourth-order valence-electron chi connectivity index (χ4n) is 7.00. The Kier molecular flexibility index (Phi) is 5.86. The van der Waals surface area contributed by atoms with Gasteiger partial charge in [0.2, 0.25) is 0 Å². The maximum absolute atomic E-state index is 9.13. The molecule has 0 unspecified atom stereocenters. The van der Waals surface area contributed by atoms with Crippen molar-refractivity contribution >= 4 is 53.1 Å². The number of fused-ring (bicyclic) bond motifs is 5. The highest BCUT2D eigenvalue weighted by Crippen LogP contribution is 2.49. The molecule has 210 valence electrons. The summed E-state index contributed by atoms with van der Waals surface area (Å²) in [4.78, 5) is 0. The molecule has 0 amide bonds. The van der Waals surface area contributed by atoms with Crippen LogP contribution in [0, 0.1) is 0 Å². The first-order chi connectivity index (χ1) is 22.8. The normalized spacial score (nSPS) is 11.9. The van der Waals surface area contributed by atoms with Crippen molar-refractivity contribution in [2.24, 2.45) is 0 Å². The monoisotopic (exact) mass is 589 g/mol. The van der Waals surface area contributed by atoms with E-state index in [2.05, 4.69) is 152 Å². The summed E-state index contributed by atoms with van der Waals surface area (Å²) >= 11 is 1.87. The summed E-state index contributed by atoms with van der Waals surface area (Å²) in [5.74, 6) is 0. The van der Waals surface area contributed by atoms with E-state index in [1.165, 1.54) is 64.3 Å². The molecule has 0 bridgehead atoms. The number of benzene rings is 8. The average molecular weight is 590 g/mol. The zero-order valence-corrected chi connectivity index (χ0v) is 25.3. The summed E-state index contributed by atoms with van der Waals surface area (Å²) in [5.41, 5.74) is 9.61. The molecule has 1 aromatic heterocycles. The fourth-order valence-corrected chi connectivity index (χ4v) is 8.25. The van der Waals surface area contributed by atoms with Crippen molar-refractivity contribution in [1.29, 1.82) is 0 Å². The lowest BCUT2D eigenvalue weighted by Crippen LogP contribution is -1.90. The van der Waals surface area contributed by atoms with Gasteiger partial charge in [-0.15, -0.1) is 11.3 Å². The molecular formula is C44H28S. The smallest absolute Gasteiger partial charge is 0.0629 e. The topological polar surface area (TPSA) is 0 Å². The molecule has 0 spiro atoms. The molecule has 8 aromatic carbocycles. The molecule has 1 heteroatoms. The van der Waals surface area contributed by atoms with Crippen molar-refractivity contribution in [1.82, 2.24) is 0 Å². The summed E-state index contributed by atoms with van der Waals surface area (Å²) in [6.45, 7) is 0. The Balaban J connectivity index is 1.32. The highest BCUT2D eigenvalue weighted by molar-refractivity contribution is 7.26. The van der Waals surface area contributed by atoms with E-state index in [4.69, 9.17) is 1.37 Å². The first-order valence-electron chi connectivity index (χ1n) is 15.9. The lowest BCUT2D eigenvalue weighted by atomic mass is 9.85. The number of rotatable bonds is 4. The first kappa shape index (κ1) is 24.9. The van der Waals surface area contributed by atoms with Gasteiger partial charge in [0, 0.05) is 25.7 Å². The van der Waals surface area contributed by atoms with Gasteiger partial charge in [0.05, 0.1) is 1.37 Å². The van der Waals surface area contributed by atoms with Crippen LogP contribution < -0.4 is 0 Å². The maximum atomic E-state index is 9.13. The van der Waals surface area contributed by atoms with Gasteiger partial charge in [-0.05, 0) is 66.6 Å². The van der Waals surface area contributed by atoms with E-state index >= 15 is 0 Å². The lowest BCUT2D eigenvalue weighted by Gasteiger charge is -2.18. The molecule has 0 saturated heterocycles. The highest BCUT2D eigenvalue weighted by atomic mass is 32.1. The molecule has 0 nitrogen and oxygen atoms in total. The van der Waals surface area contributed by atoms with Crippen molar-refractivity contribution in [3.63, 3.8) is 0 Å². The van der Waals surface area contributed by atoms with Gasteiger partial charge < -0.3 is 0 Å². The molecule has 0 saturated carbocycles. The quantitative estimate of drug-likeness (QED) is 0.179. The van der Waals surface area contributed by atoms with E-state index in [1.54, 1.807) is 0 Å². The van der Waals surface area contributed by atoms with Crippen LogP contribution in [0.4, 0.5) is 0 Å². The molecule has 0 radical (unpaired) electrons. The third-order valence-corrected chi connectivity index (χ3v) is 10.2. The van der Waals surface area contributed by atoms with E-state index in [-0.39, 0.29) is 0 Å². The van der Waals surface area contributed by atoms with Crippen molar-refractivity contribution in [3.8, 4) is 44.5 Å². The molecule has 1 heterocycles. The largest absolute Gasteiger partial charge is 0.135 e. The van der Waals surface area contributed by atoms with Gasteiger partial charge in [0.15, 0.2) is 0 Å². The Labute approximate surface area is 267 Å². The van der Waals surface area contributed by atoms with Crippen LogP contribution in [-0.2, 0) is 0 Å². The van der Waals surface area contributed by atoms with Gasteiger partial charge in [-0.25, -0.2) is 0 Å². The van der Waals surface area contributed by atoms with Gasteiger partial charge in [-0.3, -0.25) is 0 Å². The minimum atomic E-state index is 0.549. The van der Waals surface area contributed by atoms with Gasteiger partial charge in [-0.2, -0.15) is 0 Å². The molecule has 0 atom stereocenters. The van der Waals surface area contributed by atoms with Gasteiger partial charge >= 0.3 is 0 Å². The first-order valence-corrected chi connectivity index (χ1v) is 16.2. The second-order valence-electron chi connectivity index (χ2n) is 11.5. The molecule has 0 aliphatic rings. The Hall–Kier alpha value is -5.50. The minimum Gasteiger partial charge on any atom is -0.135 e. The zero-order valence-electron chi connectivity index (χ0n) is 25.5. The summed E-state index contributed by atoms with van der Waals surface area (Å²) < 4.78 is 11.7. The van der Waals surface area contributed by atoms with Crippen LogP contribution in [-0.4, -0.2) is 0 Å². The van der Waals surface area contributed by atoms with Crippen LogP contribution in [0.3, 0.4) is 0 Å². The van der Waals surface area contributed by atoms with Crippen molar-refractivity contribution in [2.45, 2.75) is 0 Å². The third-order valence-electron chi connectivity index (χ3n) is 9.00. The van der Waals surface area contributed by atoms with Gasteiger partial charge in [-0.1, -0.05) is 164 Å². The Morgan fingerprint density at radius 1 is 0.356 bits per heavy atom. The summed E-state index contributed by atoms with van der Waals surface area (Å²) in [6.07, 6.45) is 0. The van der Waals surface area contributed by atoms with Crippen LogP contribution in [0.5, 0.6) is 0 Å². The standard InChI is InChI=1S/C44H28S/c1-3-13-29(14-4-1)30-25-27-31(28-26-30)33-21-12-24-40-43(33)39-23-11-22-38(44(39)45-40)42-36-19-9-7-17-34(36)41(32-15-5-2-6-16-32)35-18-8-10-20-37(35)42/h1-28H/i17D. The second-order valence-corrected chi connectivity index (χ2v) is 12.6. The molecule has 45 heavy (non-hydrogen) atoms. The van der Waals surface area contributed by atoms with Gasteiger partial charge in [0.1, 0.15) is 0 Å². The molecule has 0 N–H and O–H groups in total. The predicted molar refractivity (Wildman–Crippen MR) is 196 cm³/mol. The van der Waals surface area contributed by atoms with Crippen LogP contribution in [0.1, 0.15) is 1.37 Å². The van der Waals surface area contributed by atoms with E-state index < -0.39 is 0 Å². The van der Waals surface area contributed by atoms with Crippen molar-refractivity contribution in [2.75, 3.05) is 0 Å². The maximum Gasteiger partial charge on any atom is 0.0629 e. The van der Waals surface area contributed by atoms with Crippen LogP contribution in [0.2, 0.25) is 0 Å². The zero-order chi connectivity index (χ0) is 30.6. The second kappa shape index (κ2) is 10.6. The van der Waals surface area contributed by atoms with Crippen LogP contribution >= 0.6 is 11.3 Å². The SMILES string of the molecule is [2H]c1cccc2c(-c3cccc4c3sc3cccc(-c5ccc(-c6ccccc6)cc5)c34)c3ccccc3c(-c3ccccc3)c12. The molecule has 0 aliphatic carbocycles. The van der Waals surface area contributed by atoms with Crippen molar-refractivity contribution in [3.05, 3.63) is 170 Å². The molecular weight excluding hydrogens is 561 g/mol. The van der Waals surface area contributed by atoms with E-state index in [1.807, 2.05) is 23.5 Å². The van der Waals surface area contributed by atoms with E-state index in [0.29, 0.717) is 6.04 Å². The molecule has 0 aliphatic heterocycles. The predicted octanol–water partition coefficient (Wildman–Crippen LogP) is 13.0. The summed E-state index contributed by atoms with van der Waals surface area (Å²) in [5, 5.41) is 7.07. The average Bonchev–Trinajstić information content (AvgIpc) is 3.51. The Morgan fingerprint density at radius 3 is 1.64 bits per heavy atom. The lowest BCUT2D eigenvalue weighted by molar-refractivity contribution is 1.61. The Morgan fingerprint density at radius 2 is 0.889 bits per heavy atom. The molecule has 0 fully saturated rings. The highest BCUT2D eigenvalue weighted by Gasteiger charge is 2.20. The third kappa shape index (κ3) is 4.20. The van der Waals surface area contributed by atoms with E-state index in [0.717, 1.165) is 21.9 Å². The fraction of sp³-hybridized carbons (Fsp3) is 0.